The van der Waals surface area contributed by atoms with Crippen LogP contribution in [0.25, 0.3) is 0 Å². The smallest absolute Gasteiger partial charge is 0.274 e. The van der Waals surface area contributed by atoms with Gasteiger partial charge < -0.3 is 14.7 Å². The SMILES string of the molecule is O=C(c1cc(C2CCCCC2)[nH]n1)N1CCC(OCCCO)CC1. The number of rotatable bonds is 6. The molecule has 0 atom stereocenters. The number of aliphatic hydroxyl groups is 1. The molecule has 2 fully saturated rings. The maximum atomic E-state index is 12.6. The summed E-state index contributed by atoms with van der Waals surface area (Å²) >= 11 is 0. The van der Waals surface area contributed by atoms with Crippen LogP contribution in [0.1, 0.15) is 73.5 Å². The molecule has 1 saturated heterocycles. The molecular formula is C18H29N3O3. The van der Waals surface area contributed by atoms with Crippen molar-refractivity contribution < 1.29 is 14.6 Å². The number of ether oxygens (including phenoxy) is 1. The van der Waals surface area contributed by atoms with Crippen molar-refractivity contribution in [1.29, 1.82) is 0 Å². The molecule has 2 heterocycles. The van der Waals surface area contributed by atoms with E-state index in [0.29, 0.717) is 37.7 Å². The van der Waals surface area contributed by atoms with Gasteiger partial charge in [-0.05, 0) is 38.2 Å². The summed E-state index contributed by atoms with van der Waals surface area (Å²) in [7, 11) is 0. The Morgan fingerprint density at radius 3 is 2.71 bits per heavy atom. The highest BCUT2D eigenvalue weighted by Gasteiger charge is 2.26. The number of carbonyl (C=O) groups excluding carboxylic acids is 1. The average Bonchev–Trinajstić information content (AvgIpc) is 3.13. The molecule has 6 heteroatoms. The number of aromatic nitrogens is 2. The summed E-state index contributed by atoms with van der Waals surface area (Å²) in [5, 5.41) is 16.2. The Labute approximate surface area is 143 Å². The third-order valence-corrected chi connectivity index (χ3v) is 5.25. The quantitative estimate of drug-likeness (QED) is 0.783. The first-order valence-electron chi connectivity index (χ1n) is 9.35. The zero-order chi connectivity index (χ0) is 16.8. The zero-order valence-electron chi connectivity index (χ0n) is 14.4. The van der Waals surface area contributed by atoms with Gasteiger partial charge in [0.25, 0.3) is 5.91 Å². The van der Waals surface area contributed by atoms with Crippen LogP contribution in [0.2, 0.25) is 0 Å². The van der Waals surface area contributed by atoms with Crippen LogP contribution in [-0.4, -0.2) is 58.5 Å². The van der Waals surface area contributed by atoms with E-state index in [9.17, 15) is 4.79 Å². The Kier molecular flexibility index (Phi) is 6.26. The van der Waals surface area contributed by atoms with Crippen molar-refractivity contribution in [1.82, 2.24) is 15.1 Å². The molecule has 0 spiro atoms. The number of aromatic amines is 1. The number of hydrogen-bond donors (Lipinski definition) is 2. The molecule has 1 aromatic rings. The molecule has 24 heavy (non-hydrogen) atoms. The molecule has 0 radical (unpaired) electrons. The van der Waals surface area contributed by atoms with E-state index in [1.54, 1.807) is 0 Å². The van der Waals surface area contributed by atoms with Crippen LogP contribution in [0.15, 0.2) is 6.07 Å². The number of hydrogen-bond acceptors (Lipinski definition) is 4. The molecule has 1 aliphatic carbocycles. The number of H-pyrrole nitrogens is 1. The number of amides is 1. The lowest BCUT2D eigenvalue weighted by atomic mass is 9.87. The van der Waals surface area contributed by atoms with Gasteiger partial charge in [-0.25, -0.2) is 0 Å². The van der Waals surface area contributed by atoms with Gasteiger partial charge in [0, 0.05) is 37.9 Å². The van der Waals surface area contributed by atoms with E-state index in [1.807, 2.05) is 11.0 Å². The van der Waals surface area contributed by atoms with Gasteiger partial charge in [-0.3, -0.25) is 9.89 Å². The third-order valence-electron chi connectivity index (χ3n) is 5.25. The van der Waals surface area contributed by atoms with Crippen molar-refractivity contribution in [2.24, 2.45) is 0 Å². The molecule has 134 valence electrons. The second-order valence-corrected chi connectivity index (χ2v) is 6.98. The van der Waals surface area contributed by atoms with Crippen LogP contribution < -0.4 is 0 Å². The van der Waals surface area contributed by atoms with Crippen LogP contribution in [-0.2, 0) is 4.74 Å². The Morgan fingerprint density at radius 1 is 1.25 bits per heavy atom. The summed E-state index contributed by atoms with van der Waals surface area (Å²) in [6, 6.07) is 1.96. The standard InChI is InChI=1S/C18H29N3O3/c22-11-4-12-24-15-7-9-21(10-8-15)18(23)17-13-16(19-20-17)14-5-2-1-3-6-14/h13-15,22H,1-12H2,(H,19,20). The fourth-order valence-electron chi connectivity index (χ4n) is 3.77. The second kappa shape index (κ2) is 8.62. The number of likely N-dealkylation sites (tertiary alicyclic amines) is 1. The molecule has 2 N–H and O–H groups in total. The zero-order valence-corrected chi connectivity index (χ0v) is 14.4. The average molecular weight is 335 g/mol. The Morgan fingerprint density at radius 2 is 2.00 bits per heavy atom. The lowest BCUT2D eigenvalue weighted by Crippen LogP contribution is -2.41. The molecule has 3 rings (SSSR count). The lowest BCUT2D eigenvalue weighted by Gasteiger charge is -2.31. The molecule has 1 amide bonds. The first kappa shape index (κ1) is 17.4. The van der Waals surface area contributed by atoms with Crippen molar-refractivity contribution in [3.63, 3.8) is 0 Å². The van der Waals surface area contributed by atoms with E-state index in [2.05, 4.69) is 10.2 Å². The predicted octanol–water partition coefficient (Wildman–Crippen LogP) is 2.46. The van der Waals surface area contributed by atoms with Crippen molar-refractivity contribution in [2.45, 2.75) is 63.4 Å². The molecule has 1 saturated carbocycles. The number of nitrogens with one attached hydrogen (secondary N) is 1. The molecule has 1 aliphatic heterocycles. The Bertz CT molecular complexity index is 517. The lowest BCUT2D eigenvalue weighted by molar-refractivity contribution is 0.00384. The van der Waals surface area contributed by atoms with Crippen LogP contribution in [0.5, 0.6) is 0 Å². The van der Waals surface area contributed by atoms with Gasteiger partial charge in [0.2, 0.25) is 0 Å². The summed E-state index contributed by atoms with van der Waals surface area (Å²) in [6.45, 7) is 2.20. The molecule has 0 bridgehead atoms. The van der Waals surface area contributed by atoms with Gasteiger partial charge in [0.05, 0.1) is 6.10 Å². The highest BCUT2D eigenvalue weighted by atomic mass is 16.5. The summed E-state index contributed by atoms with van der Waals surface area (Å²) in [6.07, 6.45) is 8.88. The molecule has 2 aliphatic rings. The molecule has 0 aromatic carbocycles. The third kappa shape index (κ3) is 4.36. The van der Waals surface area contributed by atoms with Gasteiger partial charge in [-0.15, -0.1) is 0 Å². The van der Waals surface area contributed by atoms with E-state index in [-0.39, 0.29) is 18.6 Å². The van der Waals surface area contributed by atoms with Crippen LogP contribution in [0.3, 0.4) is 0 Å². The molecule has 6 nitrogen and oxygen atoms in total. The van der Waals surface area contributed by atoms with Gasteiger partial charge in [0.1, 0.15) is 5.69 Å². The molecular weight excluding hydrogens is 306 g/mol. The van der Waals surface area contributed by atoms with Crippen LogP contribution in [0, 0.1) is 0 Å². The van der Waals surface area contributed by atoms with E-state index in [4.69, 9.17) is 9.84 Å². The minimum atomic E-state index is 0.0297. The molecule has 0 unspecified atom stereocenters. The minimum Gasteiger partial charge on any atom is -0.396 e. The second-order valence-electron chi connectivity index (χ2n) is 6.98. The van der Waals surface area contributed by atoms with Gasteiger partial charge in [-0.1, -0.05) is 19.3 Å². The summed E-state index contributed by atoms with van der Waals surface area (Å²) in [4.78, 5) is 14.5. The minimum absolute atomic E-state index is 0.0297. The Balaban J connectivity index is 1.49. The van der Waals surface area contributed by atoms with Crippen molar-refractivity contribution in [3.8, 4) is 0 Å². The monoisotopic (exact) mass is 335 g/mol. The summed E-state index contributed by atoms with van der Waals surface area (Å²) in [5.74, 6) is 0.570. The molecule has 1 aromatic heterocycles. The Hall–Kier alpha value is -1.40. The first-order chi connectivity index (χ1) is 11.8. The fraction of sp³-hybridized carbons (Fsp3) is 0.778. The van der Waals surface area contributed by atoms with Crippen LogP contribution >= 0.6 is 0 Å². The predicted molar refractivity (Wildman–Crippen MR) is 91.0 cm³/mol. The summed E-state index contributed by atoms with van der Waals surface area (Å²) < 4.78 is 5.72. The van der Waals surface area contributed by atoms with Crippen molar-refractivity contribution in [2.75, 3.05) is 26.3 Å². The maximum Gasteiger partial charge on any atom is 0.274 e. The fourth-order valence-corrected chi connectivity index (χ4v) is 3.77. The van der Waals surface area contributed by atoms with Gasteiger partial charge >= 0.3 is 0 Å². The highest BCUT2D eigenvalue weighted by molar-refractivity contribution is 5.92. The number of carbonyl (C=O) groups is 1. The largest absolute Gasteiger partial charge is 0.396 e. The summed E-state index contributed by atoms with van der Waals surface area (Å²) in [5.41, 5.74) is 1.68. The first-order valence-corrected chi connectivity index (χ1v) is 9.35. The number of nitrogens with zero attached hydrogens (tertiary/aromatic N) is 2. The van der Waals surface area contributed by atoms with Crippen molar-refractivity contribution in [3.05, 3.63) is 17.5 Å². The van der Waals surface area contributed by atoms with Crippen molar-refractivity contribution >= 4 is 5.91 Å². The van der Waals surface area contributed by atoms with E-state index >= 15 is 0 Å². The highest BCUT2D eigenvalue weighted by Crippen LogP contribution is 2.31. The van der Waals surface area contributed by atoms with Gasteiger partial charge in [-0.2, -0.15) is 5.10 Å². The van der Waals surface area contributed by atoms with Gasteiger partial charge in [0.15, 0.2) is 0 Å². The topological polar surface area (TPSA) is 78.5 Å². The van der Waals surface area contributed by atoms with E-state index in [1.165, 1.54) is 32.1 Å². The van der Waals surface area contributed by atoms with E-state index < -0.39 is 0 Å². The maximum absolute atomic E-state index is 12.6. The number of aliphatic hydroxyl groups excluding tert-OH is 1. The number of piperidine rings is 1. The van der Waals surface area contributed by atoms with E-state index in [0.717, 1.165) is 18.5 Å². The normalized spacial score (nSPS) is 20.5. The van der Waals surface area contributed by atoms with Crippen LogP contribution in [0.4, 0.5) is 0 Å².